The number of halogens is 2. The Morgan fingerprint density at radius 3 is 2.37 bits per heavy atom. The van der Waals surface area contributed by atoms with Crippen LogP contribution in [0.2, 0.25) is 0 Å². The Labute approximate surface area is 169 Å². The van der Waals surface area contributed by atoms with Gasteiger partial charge in [0.2, 0.25) is 0 Å². The lowest BCUT2D eigenvalue weighted by Crippen LogP contribution is -2.48. The molecular weight excluding hydrogens is 429 g/mol. The fourth-order valence-electron chi connectivity index (χ4n) is 3.09. The van der Waals surface area contributed by atoms with E-state index in [9.17, 15) is 9.18 Å². The molecule has 4 rings (SSSR count). The molecule has 2 heterocycles. The van der Waals surface area contributed by atoms with Crippen molar-refractivity contribution in [2.45, 2.75) is 0 Å². The average molecular weight is 446 g/mol. The zero-order valence-electron chi connectivity index (χ0n) is 14.4. The van der Waals surface area contributed by atoms with Crippen molar-refractivity contribution >= 4 is 50.5 Å². The molecule has 2 aliphatic rings. The molecule has 1 saturated heterocycles. The van der Waals surface area contributed by atoms with Crippen LogP contribution in [-0.2, 0) is 4.79 Å². The SMILES string of the molecule is O=C1N=C(N2CCN(c3ccccc3F)CC2)S/C1=C\c1ccc(Br)cc1. The second-order valence-corrected chi connectivity index (χ2v) is 8.21. The van der Waals surface area contributed by atoms with E-state index in [0.717, 1.165) is 15.2 Å². The summed E-state index contributed by atoms with van der Waals surface area (Å²) < 4.78 is 15.0. The molecule has 0 aromatic heterocycles. The molecule has 0 spiro atoms. The number of piperazine rings is 1. The lowest BCUT2D eigenvalue weighted by molar-refractivity contribution is -0.113. The predicted molar refractivity (Wildman–Crippen MR) is 112 cm³/mol. The van der Waals surface area contributed by atoms with Gasteiger partial charge in [0.15, 0.2) is 5.17 Å². The number of hydrogen-bond donors (Lipinski definition) is 0. The van der Waals surface area contributed by atoms with Crippen molar-refractivity contribution in [3.8, 4) is 0 Å². The van der Waals surface area contributed by atoms with Crippen LogP contribution in [0.15, 0.2) is 62.9 Å². The maximum Gasteiger partial charge on any atom is 0.286 e. The van der Waals surface area contributed by atoms with Crippen LogP contribution in [0.4, 0.5) is 10.1 Å². The molecule has 2 aromatic rings. The summed E-state index contributed by atoms with van der Waals surface area (Å²) >= 11 is 4.82. The first-order chi connectivity index (χ1) is 13.1. The third-order valence-electron chi connectivity index (χ3n) is 4.52. The second kappa shape index (κ2) is 7.86. The van der Waals surface area contributed by atoms with E-state index >= 15 is 0 Å². The number of aliphatic imine (C=N–C) groups is 1. The van der Waals surface area contributed by atoms with Gasteiger partial charge in [-0.25, -0.2) is 4.39 Å². The van der Waals surface area contributed by atoms with Gasteiger partial charge < -0.3 is 9.80 Å². The molecule has 1 amide bonds. The Hall–Kier alpha value is -2.12. The topological polar surface area (TPSA) is 35.9 Å². The monoisotopic (exact) mass is 445 g/mol. The molecule has 0 aliphatic carbocycles. The largest absolute Gasteiger partial charge is 0.366 e. The lowest BCUT2D eigenvalue weighted by Gasteiger charge is -2.36. The number of amidine groups is 1. The summed E-state index contributed by atoms with van der Waals surface area (Å²) in [6.07, 6.45) is 1.87. The first kappa shape index (κ1) is 18.3. The van der Waals surface area contributed by atoms with Crippen molar-refractivity contribution in [3.05, 3.63) is 69.3 Å². The fraction of sp³-hybridized carbons (Fsp3) is 0.200. The molecule has 0 radical (unpaired) electrons. The van der Waals surface area contributed by atoms with Gasteiger partial charge in [-0.05, 0) is 47.7 Å². The maximum absolute atomic E-state index is 14.0. The van der Waals surface area contributed by atoms with E-state index in [0.29, 0.717) is 36.8 Å². The summed E-state index contributed by atoms with van der Waals surface area (Å²) in [6.45, 7) is 2.80. The summed E-state index contributed by atoms with van der Waals surface area (Å²) in [6, 6.07) is 14.6. The van der Waals surface area contributed by atoms with Crippen molar-refractivity contribution in [2.24, 2.45) is 4.99 Å². The van der Waals surface area contributed by atoms with Crippen LogP contribution < -0.4 is 4.90 Å². The molecule has 0 saturated carbocycles. The van der Waals surface area contributed by atoms with Crippen LogP contribution >= 0.6 is 27.7 Å². The zero-order chi connectivity index (χ0) is 18.8. The van der Waals surface area contributed by atoms with Gasteiger partial charge in [0.05, 0.1) is 10.6 Å². The number of rotatable bonds is 2. The van der Waals surface area contributed by atoms with Gasteiger partial charge in [-0.15, -0.1) is 0 Å². The summed E-state index contributed by atoms with van der Waals surface area (Å²) in [7, 11) is 0. The van der Waals surface area contributed by atoms with Gasteiger partial charge in [0.25, 0.3) is 5.91 Å². The van der Waals surface area contributed by atoms with E-state index in [1.165, 1.54) is 17.8 Å². The summed E-state index contributed by atoms with van der Waals surface area (Å²) in [5.74, 6) is -0.400. The highest BCUT2D eigenvalue weighted by molar-refractivity contribution is 9.10. The molecular formula is C20H17BrFN3OS. The third-order valence-corrected chi connectivity index (χ3v) is 6.09. The quantitative estimate of drug-likeness (QED) is 0.642. The smallest absolute Gasteiger partial charge is 0.286 e. The van der Waals surface area contributed by atoms with Gasteiger partial charge in [-0.1, -0.05) is 40.2 Å². The minimum Gasteiger partial charge on any atom is -0.366 e. The van der Waals surface area contributed by atoms with Gasteiger partial charge in [0, 0.05) is 30.7 Å². The molecule has 0 bridgehead atoms. The normalized spacial score (nSPS) is 19.0. The van der Waals surface area contributed by atoms with Crippen LogP contribution in [-0.4, -0.2) is 42.2 Å². The van der Waals surface area contributed by atoms with Crippen LogP contribution in [0.5, 0.6) is 0 Å². The summed E-state index contributed by atoms with van der Waals surface area (Å²) in [4.78, 5) is 21.2. The van der Waals surface area contributed by atoms with Crippen molar-refractivity contribution in [1.29, 1.82) is 0 Å². The Balaban J connectivity index is 1.41. The van der Waals surface area contributed by atoms with Crippen LogP contribution in [0.3, 0.4) is 0 Å². The molecule has 7 heteroatoms. The van der Waals surface area contributed by atoms with Crippen LogP contribution in [0.1, 0.15) is 5.56 Å². The van der Waals surface area contributed by atoms with Crippen molar-refractivity contribution in [3.63, 3.8) is 0 Å². The highest BCUT2D eigenvalue weighted by Gasteiger charge is 2.28. The van der Waals surface area contributed by atoms with Gasteiger partial charge in [0.1, 0.15) is 5.82 Å². The van der Waals surface area contributed by atoms with Crippen LogP contribution in [0.25, 0.3) is 6.08 Å². The minimum atomic E-state index is -0.201. The fourth-order valence-corrected chi connectivity index (χ4v) is 4.32. The van der Waals surface area contributed by atoms with Gasteiger partial charge >= 0.3 is 0 Å². The van der Waals surface area contributed by atoms with E-state index in [1.54, 1.807) is 12.1 Å². The number of thioether (sulfide) groups is 1. The summed E-state index contributed by atoms with van der Waals surface area (Å²) in [5.41, 5.74) is 1.60. The first-order valence-electron chi connectivity index (χ1n) is 8.63. The lowest BCUT2D eigenvalue weighted by atomic mass is 10.2. The van der Waals surface area contributed by atoms with Crippen molar-refractivity contribution in [1.82, 2.24) is 4.90 Å². The van der Waals surface area contributed by atoms with E-state index < -0.39 is 0 Å². The molecule has 2 aromatic carbocycles. The molecule has 0 N–H and O–H groups in total. The molecule has 2 aliphatic heterocycles. The standard InChI is InChI=1S/C20H17BrFN3OS/c21-15-7-5-14(6-8-15)13-18-19(26)23-20(27-18)25-11-9-24(10-12-25)17-4-2-1-3-16(17)22/h1-8,13H,9-12H2/b18-13-. The number of anilines is 1. The summed E-state index contributed by atoms with van der Waals surface area (Å²) in [5, 5.41) is 0.733. The number of carbonyl (C=O) groups is 1. The predicted octanol–water partition coefficient (Wildman–Crippen LogP) is 4.38. The third kappa shape index (κ3) is 4.09. The molecule has 1 fully saturated rings. The highest BCUT2D eigenvalue weighted by Crippen LogP contribution is 2.31. The number of carbonyl (C=O) groups excluding carboxylic acids is 1. The van der Waals surface area contributed by atoms with Crippen molar-refractivity contribution in [2.75, 3.05) is 31.1 Å². The Bertz CT molecular complexity index is 921. The van der Waals surface area contributed by atoms with Gasteiger partial charge in [-0.2, -0.15) is 4.99 Å². The average Bonchev–Trinajstić information content (AvgIpc) is 3.05. The van der Waals surface area contributed by atoms with E-state index in [-0.39, 0.29) is 11.7 Å². The number of nitrogens with zero attached hydrogens (tertiary/aromatic N) is 3. The number of para-hydroxylation sites is 1. The number of benzene rings is 2. The zero-order valence-corrected chi connectivity index (χ0v) is 16.8. The molecule has 27 heavy (non-hydrogen) atoms. The Morgan fingerprint density at radius 1 is 1.00 bits per heavy atom. The molecule has 4 nitrogen and oxygen atoms in total. The molecule has 0 atom stereocenters. The second-order valence-electron chi connectivity index (χ2n) is 6.29. The Morgan fingerprint density at radius 2 is 1.67 bits per heavy atom. The van der Waals surface area contributed by atoms with E-state index in [2.05, 4.69) is 25.8 Å². The van der Waals surface area contributed by atoms with Crippen LogP contribution in [0, 0.1) is 5.82 Å². The number of hydrogen-bond acceptors (Lipinski definition) is 4. The Kier molecular flexibility index (Phi) is 5.31. The highest BCUT2D eigenvalue weighted by atomic mass is 79.9. The maximum atomic E-state index is 14.0. The van der Waals surface area contributed by atoms with E-state index in [1.807, 2.05) is 41.3 Å². The van der Waals surface area contributed by atoms with E-state index in [4.69, 9.17) is 0 Å². The van der Waals surface area contributed by atoms with Gasteiger partial charge in [-0.3, -0.25) is 4.79 Å². The molecule has 0 unspecified atom stereocenters. The van der Waals surface area contributed by atoms with Crippen molar-refractivity contribution < 1.29 is 9.18 Å². The minimum absolute atomic E-state index is 0.200. The molecule has 138 valence electrons. The first-order valence-corrected chi connectivity index (χ1v) is 10.2. The number of amides is 1.